The summed E-state index contributed by atoms with van der Waals surface area (Å²) in [5, 5.41) is 0. The molecule has 1 aliphatic carbocycles. The Balaban J connectivity index is 1.61. The third-order valence-corrected chi connectivity index (χ3v) is 4.78. The second kappa shape index (κ2) is 5.37. The van der Waals surface area contributed by atoms with E-state index in [1.165, 1.54) is 19.4 Å². The molecule has 0 radical (unpaired) electrons. The van der Waals surface area contributed by atoms with Crippen molar-refractivity contribution < 1.29 is 9.18 Å². The molecule has 3 atom stereocenters. The van der Waals surface area contributed by atoms with Crippen molar-refractivity contribution in [3.05, 3.63) is 0 Å². The van der Waals surface area contributed by atoms with Crippen LogP contribution in [-0.4, -0.2) is 60.1 Å². The Hall–Kier alpha value is -0.680. The van der Waals surface area contributed by atoms with Crippen LogP contribution in [0.15, 0.2) is 0 Å². The molecule has 2 aliphatic heterocycles. The quantitative estimate of drug-likeness (QED) is 0.819. The minimum absolute atomic E-state index is 0.286. The SMILES string of the molecule is NC(=O)C1CC(F)CN1[C@@H]1CCCN(CC2CC2)C1. The summed E-state index contributed by atoms with van der Waals surface area (Å²) in [6.45, 7) is 3.70. The van der Waals surface area contributed by atoms with Gasteiger partial charge in [-0.15, -0.1) is 0 Å². The van der Waals surface area contributed by atoms with Gasteiger partial charge in [0.25, 0.3) is 0 Å². The third kappa shape index (κ3) is 3.08. The predicted octanol–water partition coefficient (Wildman–Crippen LogP) is 0.758. The average molecular weight is 269 g/mol. The lowest BCUT2D eigenvalue weighted by molar-refractivity contribution is -0.123. The van der Waals surface area contributed by atoms with Gasteiger partial charge in [0.2, 0.25) is 5.91 Å². The molecule has 19 heavy (non-hydrogen) atoms. The Morgan fingerprint density at radius 2 is 2.05 bits per heavy atom. The van der Waals surface area contributed by atoms with Crippen LogP contribution in [0.4, 0.5) is 4.39 Å². The largest absolute Gasteiger partial charge is 0.368 e. The summed E-state index contributed by atoms with van der Waals surface area (Å²) < 4.78 is 13.6. The molecule has 4 nitrogen and oxygen atoms in total. The first-order chi connectivity index (χ1) is 9.13. The zero-order valence-electron chi connectivity index (χ0n) is 11.4. The van der Waals surface area contributed by atoms with Gasteiger partial charge in [-0.3, -0.25) is 9.69 Å². The Morgan fingerprint density at radius 1 is 1.26 bits per heavy atom. The summed E-state index contributed by atoms with van der Waals surface area (Å²) in [7, 11) is 0. The number of likely N-dealkylation sites (tertiary alicyclic amines) is 2. The maximum Gasteiger partial charge on any atom is 0.234 e. The number of hydrogen-bond donors (Lipinski definition) is 1. The number of nitrogens with two attached hydrogens (primary N) is 1. The molecule has 5 heteroatoms. The Labute approximate surface area is 114 Å². The van der Waals surface area contributed by atoms with Gasteiger partial charge in [0, 0.05) is 32.1 Å². The number of carbonyl (C=O) groups is 1. The first kappa shape index (κ1) is 13.3. The number of primary amides is 1. The summed E-state index contributed by atoms with van der Waals surface area (Å²) in [5.41, 5.74) is 5.42. The molecule has 3 aliphatic rings. The highest BCUT2D eigenvalue weighted by molar-refractivity contribution is 5.80. The van der Waals surface area contributed by atoms with E-state index in [2.05, 4.69) is 4.90 Å². The number of halogens is 1. The van der Waals surface area contributed by atoms with Crippen molar-refractivity contribution in [1.82, 2.24) is 9.80 Å². The van der Waals surface area contributed by atoms with Gasteiger partial charge >= 0.3 is 0 Å². The molecule has 1 saturated carbocycles. The van der Waals surface area contributed by atoms with Crippen LogP contribution < -0.4 is 5.73 Å². The van der Waals surface area contributed by atoms with Crippen molar-refractivity contribution in [3.63, 3.8) is 0 Å². The highest BCUT2D eigenvalue weighted by Gasteiger charge is 2.41. The van der Waals surface area contributed by atoms with E-state index in [9.17, 15) is 9.18 Å². The molecular formula is C14H24FN3O. The molecule has 3 rings (SSSR count). The van der Waals surface area contributed by atoms with Crippen LogP contribution in [0.25, 0.3) is 0 Å². The van der Waals surface area contributed by atoms with E-state index in [4.69, 9.17) is 5.73 Å². The number of amides is 1. The first-order valence-electron chi connectivity index (χ1n) is 7.55. The van der Waals surface area contributed by atoms with Gasteiger partial charge in [-0.2, -0.15) is 0 Å². The van der Waals surface area contributed by atoms with Crippen molar-refractivity contribution in [1.29, 1.82) is 0 Å². The summed E-state index contributed by atoms with van der Waals surface area (Å²) in [4.78, 5) is 16.0. The van der Waals surface area contributed by atoms with E-state index in [0.717, 1.165) is 31.8 Å². The Morgan fingerprint density at radius 3 is 2.74 bits per heavy atom. The second-order valence-corrected chi connectivity index (χ2v) is 6.45. The van der Waals surface area contributed by atoms with E-state index >= 15 is 0 Å². The molecule has 2 heterocycles. The molecule has 2 N–H and O–H groups in total. The van der Waals surface area contributed by atoms with Gasteiger partial charge in [-0.05, 0) is 38.1 Å². The number of alkyl halides is 1. The molecule has 0 aromatic carbocycles. The van der Waals surface area contributed by atoms with Crippen molar-refractivity contribution >= 4 is 5.91 Å². The van der Waals surface area contributed by atoms with Crippen LogP contribution in [0.5, 0.6) is 0 Å². The van der Waals surface area contributed by atoms with Crippen molar-refractivity contribution in [2.24, 2.45) is 11.7 Å². The maximum atomic E-state index is 13.6. The van der Waals surface area contributed by atoms with Gasteiger partial charge in [-0.25, -0.2) is 4.39 Å². The number of hydrogen-bond acceptors (Lipinski definition) is 3. The molecule has 0 aromatic heterocycles. The lowest BCUT2D eigenvalue weighted by Crippen LogP contribution is -2.53. The second-order valence-electron chi connectivity index (χ2n) is 6.45. The first-order valence-corrected chi connectivity index (χ1v) is 7.55. The lowest BCUT2D eigenvalue weighted by Gasteiger charge is -2.39. The van der Waals surface area contributed by atoms with Gasteiger partial charge < -0.3 is 10.6 Å². The highest BCUT2D eigenvalue weighted by atomic mass is 19.1. The smallest absolute Gasteiger partial charge is 0.234 e. The standard InChI is InChI=1S/C14H24FN3O/c15-11-6-13(14(16)19)18(8-11)12-2-1-5-17(9-12)7-10-3-4-10/h10-13H,1-9H2,(H2,16,19)/t11?,12-,13?/m1/s1. The Bertz CT molecular complexity index is 348. The molecule has 0 bridgehead atoms. The summed E-state index contributed by atoms with van der Waals surface area (Å²) in [6, 6.07) is -0.0772. The molecular weight excluding hydrogens is 245 g/mol. The minimum atomic E-state index is -0.892. The minimum Gasteiger partial charge on any atom is -0.368 e. The highest BCUT2D eigenvalue weighted by Crippen LogP contribution is 2.32. The monoisotopic (exact) mass is 269 g/mol. The fraction of sp³-hybridized carbons (Fsp3) is 0.929. The van der Waals surface area contributed by atoms with Gasteiger partial charge in [-0.1, -0.05) is 0 Å². The zero-order chi connectivity index (χ0) is 13.4. The summed E-state index contributed by atoms with van der Waals surface area (Å²) in [6.07, 6.45) is 4.34. The number of carbonyl (C=O) groups excluding carboxylic acids is 1. The van der Waals surface area contributed by atoms with E-state index in [1.807, 2.05) is 4.90 Å². The van der Waals surface area contributed by atoms with Crippen LogP contribution in [0, 0.1) is 5.92 Å². The summed E-state index contributed by atoms with van der Waals surface area (Å²) in [5.74, 6) is 0.526. The predicted molar refractivity (Wildman–Crippen MR) is 71.4 cm³/mol. The Kier molecular flexibility index (Phi) is 3.76. The number of rotatable bonds is 4. The van der Waals surface area contributed by atoms with Crippen molar-refractivity contribution in [2.45, 2.75) is 50.4 Å². The molecule has 108 valence electrons. The van der Waals surface area contributed by atoms with Crippen molar-refractivity contribution in [2.75, 3.05) is 26.2 Å². The zero-order valence-corrected chi connectivity index (χ0v) is 11.4. The van der Waals surface area contributed by atoms with E-state index in [1.54, 1.807) is 0 Å². The molecule has 2 unspecified atom stereocenters. The van der Waals surface area contributed by atoms with E-state index in [-0.39, 0.29) is 18.4 Å². The third-order valence-electron chi connectivity index (χ3n) is 4.78. The normalized spacial score (nSPS) is 37.6. The number of nitrogens with zero attached hydrogens (tertiary/aromatic N) is 2. The topological polar surface area (TPSA) is 49.6 Å². The fourth-order valence-electron chi connectivity index (χ4n) is 3.62. The van der Waals surface area contributed by atoms with E-state index in [0.29, 0.717) is 12.6 Å². The van der Waals surface area contributed by atoms with Gasteiger partial charge in [0.05, 0.1) is 6.04 Å². The van der Waals surface area contributed by atoms with Gasteiger partial charge in [0.1, 0.15) is 6.17 Å². The lowest BCUT2D eigenvalue weighted by atomic mass is 10.0. The molecule has 3 fully saturated rings. The van der Waals surface area contributed by atoms with Crippen LogP contribution in [0.1, 0.15) is 32.1 Å². The van der Waals surface area contributed by atoms with Gasteiger partial charge in [0.15, 0.2) is 0 Å². The molecule has 1 amide bonds. The van der Waals surface area contributed by atoms with E-state index < -0.39 is 6.17 Å². The average Bonchev–Trinajstić information content (AvgIpc) is 3.09. The van der Waals surface area contributed by atoms with Crippen molar-refractivity contribution in [3.8, 4) is 0 Å². The molecule has 0 aromatic rings. The summed E-state index contributed by atoms with van der Waals surface area (Å²) >= 11 is 0. The fourth-order valence-corrected chi connectivity index (χ4v) is 3.62. The van der Waals surface area contributed by atoms with Crippen LogP contribution in [-0.2, 0) is 4.79 Å². The van der Waals surface area contributed by atoms with Crippen LogP contribution >= 0.6 is 0 Å². The van der Waals surface area contributed by atoms with Crippen LogP contribution in [0.3, 0.4) is 0 Å². The number of piperidine rings is 1. The maximum absolute atomic E-state index is 13.6. The molecule has 0 spiro atoms. The molecule has 2 saturated heterocycles. The van der Waals surface area contributed by atoms with Crippen LogP contribution in [0.2, 0.25) is 0 Å².